The van der Waals surface area contributed by atoms with Crippen LogP contribution in [-0.2, 0) is 18.3 Å². The lowest BCUT2D eigenvalue weighted by molar-refractivity contribution is -0.115. The zero-order valence-corrected chi connectivity index (χ0v) is 13.7. The van der Waals surface area contributed by atoms with E-state index in [1.54, 1.807) is 16.4 Å². The summed E-state index contributed by atoms with van der Waals surface area (Å²) >= 11 is 0. The first-order chi connectivity index (χ1) is 11.6. The van der Waals surface area contributed by atoms with Crippen molar-refractivity contribution in [3.05, 3.63) is 82.3 Å². The van der Waals surface area contributed by atoms with Crippen molar-refractivity contribution >= 4 is 11.6 Å². The quantitative estimate of drug-likeness (QED) is 0.803. The molecule has 24 heavy (non-hydrogen) atoms. The Hall–Kier alpha value is -3.08. The lowest BCUT2D eigenvalue weighted by Gasteiger charge is -2.07. The molecule has 0 radical (unpaired) electrons. The number of para-hydroxylation sites is 1. The summed E-state index contributed by atoms with van der Waals surface area (Å²) in [5.41, 5.74) is 2.47. The molecule has 3 aromatic rings. The Morgan fingerprint density at radius 2 is 1.58 bits per heavy atom. The molecule has 0 aliphatic heterocycles. The van der Waals surface area contributed by atoms with Gasteiger partial charge in [-0.15, -0.1) is 0 Å². The molecule has 0 saturated heterocycles. The average molecular weight is 321 g/mol. The minimum absolute atomic E-state index is 0.202. The van der Waals surface area contributed by atoms with Gasteiger partial charge in [-0.2, -0.15) is 0 Å². The van der Waals surface area contributed by atoms with Gasteiger partial charge >= 0.3 is 0 Å². The Labute approximate surface area is 140 Å². The van der Waals surface area contributed by atoms with E-state index in [-0.39, 0.29) is 17.9 Å². The predicted octanol–water partition coefficient (Wildman–Crippen LogP) is 2.67. The molecule has 2 aromatic carbocycles. The Bertz CT molecular complexity index is 909. The second-order valence-corrected chi connectivity index (χ2v) is 5.65. The summed E-state index contributed by atoms with van der Waals surface area (Å²) in [4.78, 5) is 25.0. The maximum Gasteiger partial charge on any atom is 0.295 e. The van der Waals surface area contributed by atoms with E-state index in [0.717, 1.165) is 11.3 Å². The maximum atomic E-state index is 12.7. The molecule has 0 bridgehead atoms. The van der Waals surface area contributed by atoms with Crippen molar-refractivity contribution in [2.45, 2.75) is 13.3 Å². The molecule has 1 amide bonds. The standard InChI is InChI=1S/C19H19N3O2/c1-14-18(20-17(23)13-15-9-5-3-6-10-15)19(24)22(21(14)2)16-11-7-4-8-12-16/h3-12H,13H2,1-2H3,(H,20,23). The van der Waals surface area contributed by atoms with Gasteiger partial charge < -0.3 is 5.32 Å². The Kier molecular flexibility index (Phi) is 4.33. The lowest BCUT2D eigenvalue weighted by Crippen LogP contribution is -2.23. The number of carbonyl (C=O) groups is 1. The van der Waals surface area contributed by atoms with Crippen LogP contribution in [0.4, 0.5) is 5.69 Å². The van der Waals surface area contributed by atoms with Gasteiger partial charge in [0.25, 0.3) is 5.56 Å². The van der Waals surface area contributed by atoms with Gasteiger partial charge in [-0.3, -0.25) is 14.3 Å². The zero-order chi connectivity index (χ0) is 17.1. The molecule has 1 heterocycles. The number of hydrogen-bond donors (Lipinski definition) is 1. The molecule has 0 fully saturated rings. The molecule has 5 heteroatoms. The van der Waals surface area contributed by atoms with E-state index in [9.17, 15) is 9.59 Å². The third-order valence-electron chi connectivity index (χ3n) is 4.03. The van der Waals surface area contributed by atoms with Crippen molar-refractivity contribution in [3.63, 3.8) is 0 Å². The SMILES string of the molecule is Cc1c(NC(=O)Cc2ccccc2)c(=O)n(-c2ccccc2)n1C. The van der Waals surface area contributed by atoms with Crippen LogP contribution in [0, 0.1) is 6.92 Å². The zero-order valence-electron chi connectivity index (χ0n) is 13.7. The molecule has 5 nitrogen and oxygen atoms in total. The number of amides is 1. The van der Waals surface area contributed by atoms with Crippen molar-refractivity contribution in [1.29, 1.82) is 0 Å². The van der Waals surface area contributed by atoms with Gasteiger partial charge in [-0.05, 0) is 24.6 Å². The van der Waals surface area contributed by atoms with E-state index in [1.165, 1.54) is 0 Å². The van der Waals surface area contributed by atoms with E-state index in [1.807, 2.05) is 67.6 Å². The van der Waals surface area contributed by atoms with Gasteiger partial charge in [0, 0.05) is 7.05 Å². The van der Waals surface area contributed by atoms with Crippen LogP contribution >= 0.6 is 0 Å². The number of hydrogen-bond acceptors (Lipinski definition) is 2. The van der Waals surface area contributed by atoms with Gasteiger partial charge in [-0.1, -0.05) is 48.5 Å². The van der Waals surface area contributed by atoms with Crippen LogP contribution in [0.2, 0.25) is 0 Å². The molecule has 1 aromatic heterocycles. The number of nitrogens with one attached hydrogen (secondary N) is 1. The Morgan fingerprint density at radius 1 is 1.00 bits per heavy atom. The summed E-state index contributed by atoms with van der Waals surface area (Å²) in [6, 6.07) is 18.8. The summed E-state index contributed by atoms with van der Waals surface area (Å²) in [5, 5.41) is 2.76. The number of nitrogens with zero attached hydrogens (tertiary/aromatic N) is 2. The molecule has 122 valence electrons. The van der Waals surface area contributed by atoms with Crippen LogP contribution in [0.1, 0.15) is 11.3 Å². The Balaban J connectivity index is 1.90. The second kappa shape index (κ2) is 6.58. The summed E-state index contributed by atoms with van der Waals surface area (Å²) in [6.07, 6.45) is 0.236. The molecule has 3 rings (SSSR count). The molecule has 1 N–H and O–H groups in total. The fourth-order valence-electron chi connectivity index (χ4n) is 2.68. The van der Waals surface area contributed by atoms with Gasteiger partial charge in [-0.25, -0.2) is 4.68 Å². The number of anilines is 1. The van der Waals surface area contributed by atoms with Crippen molar-refractivity contribution in [1.82, 2.24) is 9.36 Å². The van der Waals surface area contributed by atoms with Crippen molar-refractivity contribution < 1.29 is 4.79 Å². The first kappa shape index (κ1) is 15.8. The number of carbonyl (C=O) groups excluding carboxylic acids is 1. The van der Waals surface area contributed by atoms with Crippen LogP contribution in [0.25, 0.3) is 5.69 Å². The van der Waals surface area contributed by atoms with E-state index in [0.29, 0.717) is 11.4 Å². The second-order valence-electron chi connectivity index (χ2n) is 5.65. The van der Waals surface area contributed by atoms with Gasteiger partial charge in [0.15, 0.2) is 0 Å². The number of rotatable bonds is 4. The summed E-state index contributed by atoms with van der Waals surface area (Å²) in [7, 11) is 1.80. The third kappa shape index (κ3) is 3.01. The van der Waals surface area contributed by atoms with Crippen LogP contribution in [0.3, 0.4) is 0 Å². The van der Waals surface area contributed by atoms with Crippen LogP contribution in [0.5, 0.6) is 0 Å². The smallest absolute Gasteiger partial charge is 0.295 e. The maximum absolute atomic E-state index is 12.7. The number of benzene rings is 2. The highest BCUT2D eigenvalue weighted by molar-refractivity contribution is 5.92. The van der Waals surface area contributed by atoms with Crippen LogP contribution in [-0.4, -0.2) is 15.3 Å². The summed E-state index contributed by atoms with van der Waals surface area (Å²) < 4.78 is 3.29. The van der Waals surface area contributed by atoms with Gasteiger partial charge in [0.05, 0.1) is 17.8 Å². The van der Waals surface area contributed by atoms with Crippen LogP contribution < -0.4 is 10.9 Å². The molecular weight excluding hydrogens is 302 g/mol. The third-order valence-corrected chi connectivity index (χ3v) is 4.03. The van der Waals surface area contributed by atoms with E-state index in [4.69, 9.17) is 0 Å². The largest absolute Gasteiger partial charge is 0.320 e. The summed E-state index contributed by atoms with van der Waals surface area (Å²) in [5.74, 6) is -0.202. The highest BCUT2D eigenvalue weighted by Gasteiger charge is 2.18. The molecular formula is C19H19N3O2. The molecule has 0 unspecified atom stereocenters. The van der Waals surface area contributed by atoms with E-state index < -0.39 is 0 Å². The lowest BCUT2D eigenvalue weighted by atomic mass is 10.1. The first-order valence-corrected chi connectivity index (χ1v) is 7.75. The topological polar surface area (TPSA) is 56.0 Å². The molecule has 0 spiro atoms. The van der Waals surface area contributed by atoms with Crippen molar-refractivity contribution in [3.8, 4) is 5.69 Å². The van der Waals surface area contributed by atoms with Crippen LogP contribution in [0.15, 0.2) is 65.5 Å². The van der Waals surface area contributed by atoms with Crippen molar-refractivity contribution in [2.24, 2.45) is 7.05 Å². The van der Waals surface area contributed by atoms with E-state index >= 15 is 0 Å². The summed E-state index contributed by atoms with van der Waals surface area (Å²) in [6.45, 7) is 1.82. The molecule has 0 atom stereocenters. The van der Waals surface area contributed by atoms with E-state index in [2.05, 4.69) is 5.32 Å². The fraction of sp³-hybridized carbons (Fsp3) is 0.158. The predicted molar refractivity (Wildman–Crippen MR) is 94.5 cm³/mol. The molecule has 0 aliphatic rings. The monoisotopic (exact) mass is 321 g/mol. The van der Waals surface area contributed by atoms with Gasteiger partial charge in [0.2, 0.25) is 5.91 Å². The average Bonchev–Trinajstić information content (AvgIpc) is 2.80. The normalized spacial score (nSPS) is 10.6. The molecule has 0 aliphatic carbocycles. The highest BCUT2D eigenvalue weighted by Crippen LogP contribution is 2.14. The Morgan fingerprint density at radius 3 is 2.21 bits per heavy atom. The first-order valence-electron chi connectivity index (χ1n) is 7.75. The highest BCUT2D eigenvalue weighted by atomic mass is 16.2. The number of aromatic nitrogens is 2. The minimum atomic E-state index is -0.234. The van der Waals surface area contributed by atoms with Crippen molar-refractivity contribution in [2.75, 3.05) is 5.32 Å². The fourth-order valence-corrected chi connectivity index (χ4v) is 2.68. The van der Waals surface area contributed by atoms with Gasteiger partial charge in [0.1, 0.15) is 5.69 Å². The minimum Gasteiger partial charge on any atom is -0.320 e. The molecule has 0 saturated carbocycles.